The zero-order valence-electron chi connectivity index (χ0n) is 13.5. The van der Waals surface area contributed by atoms with Crippen LogP contribution in [0.5, 0.6) is 17.2 Å². The second-order valence-electron chi connectivity index (χ2n) is 5.01. The fourth-order valence-electron chi connectivity index (χ4n) is 2.00. The third-order valence-corrected chi connectivity index (χ3v) is 3.17. The smallest absolute Gasteiger partial charge is 0.253 e. The predicted octanol–water partition coefficient (Wildman–Crippen LogP) is 2.90. The summed E-state index contributed by atoms with van der Waals surface area (Å²) in [6.07, 6.45) is 1.67. The van der Waals surface area contributed by atoms with E-state index in [0.29, 0.717) is 22.8 Å². The molecule has 0 bridgehead atoms. The van der Waals surface area contributed by atoms with Gasteiger partial charge in [0.25, 0.3) is 5.91 Å². The van der Waals surface area contributed by atoms with Gasteiger partial charge in [-0.2, -0.15) is 0 Å². The van der Waals surface area contributed by atoms with Gasteiger partial charge in [0.05, 0.1) is 7.11 Å². The van der Waals surface area contributed by atoms with Gasteiger partial charge in [0, 0.05) is 17.2 Å². The van der Waals surface area contributed by atoms with E-state index in [9.17, 15) is 4.79 Å². The van der Waals surface area contributed by atoms with Crippen LogP contribution in [-0.2, 0) is 4.79 Å². The van der Waals surface area contributed by atoms with Crippen molar-refractivity contribution in [3.05, 3.63) is 59.7 Å². The average molecular weight is 325 g/mol. The summed E-state index contributed by atoms with van der Waals surface area (Å²) in [4.78, 5) is 11.9. The van der Waals surface area contributed by atoms with Crippen molar-refractivity contribution in [2.24, 2.45) is 5.73 Å². The molecule has 6 nitrogen and oxygen atoms in total. The third-order valence-electron chi connectivity index (χ3n) is 3.17. The van der Waals surface area contributed by atoms with Gasteiger partial charge in [0.1, 0.15) is 17.2 Å². The first kappa shape index (κ1) is 17.1. The maximum atomic E-state index is 11.9. The maximum Gasteiger partial charge on any atom is 0.253 e. The van der Waals surface area contributed by atoms with Gasteiger partial charge >= 0.3 is 0 Å². The highest BCUT2D eigenvalue weighted by Gasteiger charge is 2.08. The number of guanidine groups is 1. The number of carbonyl (C=O) groups excluding carboxylic acids is 1. The zero-order chi connectivity index (χ0) is 17.5. The molecule has 0 heterocycles. The summed E-state index contributed by atoms with van der Waals surface area (Å²) in [6.45, 7) is 1.64. The summed E-state index contributed by atoms with van der Waals surface area (Å²) in [5.41, 5.74) is 6.31. The van der Waals surface area contributed by atoms with Gasteiger partial charge in [0.2, 0.25) is 0 Å². The molecule has 124 valence electrons. The number of amides is 1. The molecule has 2 aromatic carbocycles. The molecule has 24 heavy (non-hydrogen) atoms. The highest BCUT2D eigenvalue weighted by Crippen LogP contribution is 2.29. The van der Waals surface area contributed by atoms with Gasteiger partial charge in [-0.15, -0.1) is 0 Å². The molecule has 1 amide bonds. The average Bonchev–Trinajstić information content (AvgIpc) is 2.56. The van der Waals surface area contributed by atoms with Crippen molar-refractivity contribution in [2.45, 2.75) is 6.92 Å². The van der Waals surface area contributed by atoms with Crippen molar-refractivity contribution in [3.8, 4) is 17.2 Å². The molecule has 0 spiro atoms. The molecular formula is C18H19N3O3. The molecule has 0 aliphatic carbocycles. The van der Waals surface area contributed by atoms with Crippen LogP contribution in [0.15, 0.2) is 54.1 Å². The van der Waals surface area contributed by atoms with Crippen LogP contribution in [0.3, 0.4) is 0 Å². The van der Waals surface area contributed by atoms with Crippen molar-refractivity contribution < 1.29 is 14.3 Å². The van der Waals surface area contributed by atoms with E-state index in [1.807, 2.05) is 42.5 Å². The Bertz CT molecular complexity index is 785. The zero-order valence-corrected chi connectivity index (χ0v) is 13.5. The van der Waals surface area contributed by atoms with Gasteiger partial charge in [0.15, 0.2) is 5.96 Å². The Morgan fingerprint density at radius 2 is 1.88 bits per heavy atom. The second-order valence-corrected chi connectivity index (χ2v) is 5.01. The topological polar surface area (TPSA) is 97.4 Å². The minimum Gasteiger partial charge on any atom is -0.497 e. The molecular weight excluding hydrogens is 306 g/mol. The molecule has 0 fully saturated rings. The number of para-hydroxylation sites is 1. The number of carbonyl (C=O) groups is 1. The van der Waals surface area contributed by atoms with Crippen molar-refractivity contribution in [1.29, 1.82) is 5.41 Å². The molecule has 2 aromatic rings. The van der Waals surface area contributed by atoms with Crippen molar-refractivity contribution in [3.63, 3.8) is 0 Å². The Hall–Kier alpha value is -3.28. The Kier molecular flexibility index (Phi) is 5.57. The van der Waals surface area contributed by atoms with E-state index in [0.717, 1.165) is 5.56 Å². The Morgan fingerprint density at radius 1 is 1.17 bits per heavy atom. The number of rotatable bonds is 5. The summed E-state index contributed by atoms with van der Waals surface area (Å²) >= 11 is 0. The number of nitrogens with one attached hydrogen (secondary N) is 2. The molecule has 0 radical (unpaired) electrons. The number of methoxy groups -OCH3 is 1. The quantitative estimate of drug-likeness (QED) is 0.447. The first-order valence-corrected chi connectivity index (χ1v) is 7.24. The highest BCUT2D eigenvalue weighted by atomic mass is 16.5. The van der Waals surface area contributed by atoms with E-state index in [1.165, 1.54) is 0 Å². The minimum absolute atomic E-state index is 0.395. The standard InChI is InChI=1S/C18H19N3O3/c1-12(17(22)21-18(19)20)10-13-6-3-4-9-16(13)24-15-8-5-7-14(11-15)23-2/h3-11H,1-2H3,(H4,19,20,21,22)/b12-10+. The molecule has 0 unspecified atom stereocenters. The Morgan fingerprint density at radius 3 is 2.58 bits per heavy atom. The maximum absolute atomic E-state index is 11.9. The lowest BCUT2D eigenvalue weighted by Gasteiger charge is -2.10. The van der Waals surface area contributed by atoms with Crippen LogP contribution in [0.1, 0.15) is 12.5 Å². The number of hydrogen-bond donors (Lipinski definition) is 3. The van der Waals surface area contributed by atoms with E-state index in [4.69, 9.17) is 20.6 Å². The SMILES string of the molecule is COc1cccc(Oc2ccccc2/C=C(\C)C(=O)NC(=N)N)c1. The Labute approximate surface area is 140 Å². The van der Waals surface area contributed by atoms with Crippen LogP contribution in [0.25, 0.3) is 6.08 Å². The third kappa shape index (κ3) is 4.61. The lowest BCUT2D eigenvalue weighted by molar-refractivity contribution is -0.116. The number of benzene rings is 2. The fraction of sp³-hybridized carbons (Fsp3) is 0.111. The van der Waals surface area contributed by atoms with Crippen molar-refractivity contribution in [1.82, 2.24) is 5.32 Å². The van der Waals surface area contributed by atoms with E-state index in [-0.39, 0.29) is 0 Å². The van der Waals surface area contributed by atoms with Crippen LogP contribution in [-0.4, -0.2) is 19.0 Å². The normalized spacial score (nSPS) is 10.8. The number of hydrogen-bond acceptors (Lipinski definition) is 4. The summed E-state index contributed by atoms with van der Waals surface area (Å²) in [6, 6.07) is 14.6. The molecule has 6 heteroatoms. The number of nitrogens with two attached hydrogens (primary N) is 1. The van der Waals surface area contributed by atoms with Crippen LogP contribution < -0.4 is 20.5 Å². The van der Waals surface area contributed by atoms with Gasteiger partial charge in [-0.25, -0.2) is 0 Å². The summed E-state index contributed by atoms with van der Waals surface area (Å²) < 4.78 is 11.1. The van der Waals surface area contributed by atoms with Gasteiger partial charge in [-0.1, -0.05) is 24.3 Å². The van der Waals surface area contributed by atoms with Crippen molar-refractivity contribution in [2.75, 3.05) is 7.11 Å². The van der Waals surface area contributed by atoms with E-state index < -0.39 is 11.9 Å². The van der Waals surface area contributed by atoms with E-state index in [1.54, 1.807) is 26.2 Å². The second kappa shape index (κ2) is 7.82. The molecule has 4 N–H and O–H groups in total. The molecule has 0 atom stereocenters. The molecule has 0 aliphatic rings. The lowest BCUT2D eigenvalue weighted by Crippen LogP contribution is -2.36. The molecule has 0 aliphatic heterocycles. The molecule has 2 rings (SSSR count). The molecule has 0 saturated carbocycles. The van der Waals surface area contributed by atoms with E-state index in [2.05, 4.69) is 5.32 Å². The molecule has 0 aromatic heterocycles. The predicted molar refractivity (Wildman–Crippen MR) is 93.2 cm³/mol. The van der Waals surface area contributed by atoms with Crippen molar-refractivity contribution >= 4 is 17.9 Å². The first-order valence-electron chi connectivity index (χ1n) is 7.24. The van der Waals surface area contributed by atoms with Gasteiger partial charge in [-0.05, 0) is 31.2 Å². The van der Waals surface area contributed by atoms with Crippen LogP contribution >= 0.6 is 0 Å². The van der Waals surface area contributed by atoms with Crippen LogP contribution in [0.2, 0.25) is 0 Å². The lowest BCUT2D eigenvalue weighted by atomic mass is 10.1. The summed E-state index contributed by atoms with van der Waals surface area (Å²) in [5.74, 6) is 1.09. The molecule has 0 saturated heterocycles. The summed E-state index contributed by atoms with van der Waals surface area (Å²) in [7, 11) is 1.59. The fourth-order valence-corrected chi connectivity index (χ4v) is 2.00. The highest BCUT2D eigenvalue weighted by molar-refractivity contribution is 6.06. The van der Waals surface area contributed by atoms with Crippen LogP contribution in [0.4, 0.5) is 0 Å². The largest absolute Gasteiger partial charge is 0.497 e. The number of ether oxygens (including phenoxy) is 2. The Balaban J connectivity index is 2.26. The van der Waals surface area contributed by atoms with Gasteiger partial charge in [-0.3, -0.25) is 15.5 Å². The minimum atomic E-state index is -0.432. The first-order chi connectivity index (χ1) is 11.5. The summed E-state index contributed by atoms with van der Waals surface area (Å²) in [5, 5.41) is 9.35. The van der Waals surface area contributed by atoms with Gasteiger partial charge < -0.3 is 15.2 Å². The monoisotopic (exact) mass is 325 g/mol. The van der Waals surface area contributed by atoms with Crippen LogP contribution in [0, 0.1) is 5.41 Å². The van der Waals surface area contributed by atoms with E-state index >= 15 is 0 Å².